The highest BCUT2D eigenvalue weighted by molar-refractivity contribution is 7.15. The van der Waals surface area contributed by atoms with E-state index >= 15 is 0 Å². The third-order valence-electron chi connectivity index (χ3n) is 3.62. The molecule has 154 valence electrons. The van der Waals surface area contributed by atoms with E-state index in [1.54, 1.807) is 36.4 Å². The van der Waals surface area contributed by atoms with Crippen molar-refractivity contribution in [3.63, 3.8) is 0 Å². The summed E-state index contributed by atoms with van der Waals surface area (Å²) in [5.74, 6) is -1.19. The summed E-state index contributed by atoms with van der Waals surface area (Å²) in [6.07, 6.45) is 0. The van der Waals surface area contributed by atoms with E-state index in [2.05, 4.69) is 20.8 Å². The van der Waals surface area contributed by atoms with E-state index in [1.165, 1.54) is 19.2 Å². The maximum atomic E-state index is 12.3. The molecule has 1 heterocycles. The first kappa shape index (κ1) is 20.7. The number of rotatable bonds is 8. The molecule has 10 nitrogen and oxygen atoms in total. The van der Waals surface area contributed by atoms with Crippen molar-refractivity contribution in [2.75, 3.05) is 24.4 Å². The van der Waals surface area contributed by atoms with Gasteiger partial charge in [-0.3, -0.25) is 9.59 Å². The smallest absolute Gasteiger partial charge is 0.341 e. The van der Waals surface area contributed by atoms with Gasteiger partial charge in [-0.05, 0) is 36.4 Å². The van der Waals surface area contributed by atoms with E-state index in [4.69, 9.17) is 14.6 Å². The molecule has 3 N–H and O–H groups in total. The fourth-order valence-electron chi connectivity index (χ4n) is 2.26. The number of nitrogens with one attached hydrogen (secondary N) is 2. The Morgan fingerprint density at radius 3 is 2.17 bits per heavy atom. The number of anilines is 2. The number of hydrogen-bond donors (Lipinski definition) is 3. The molecule has 0 unspecified atom stereocenters. The van der Waals surface area contributed by atoms with Gasteiger partial charge in [0.05, 0.1) is 7.11 Å². The van der Waals surface area contributed by atoms with Gasteiger partial charge in [-0.1, -0.05) is 17.4 Å². The molecule has 3 rings (SSSR count). The fraction of sp³-hybridized carbons (Fsp3) is 0.105. The number of hydrogen-bond acceptors (Lipinski definition) is 8. The van der Waals surface area contributed by atoms with Gasteiger partial charge in [0.2, 0.25) is 10.0 Å². The summed E-state index contributed by atoms with van der Waals surface area (Å²) >= 11 is 0.845. The summed E-state index contributed by atoms with van der Waals surface area (Å²) in [5, 5.41) is 21.4. The molecule has 0 saturated carbocycles. The molecular weight excluding hydrogens is 412 g/mol. The van der Waals surface area contributed by atoms with Gasteiger partial charge in [0, 0.05) is 17.4 Å². The van der Waals surface area contributed by atoms with Crippen molar-refractivity contribution in [3.05, 3.63) is 58.5 Å². The molecular formula is C19H16N4O6S. The Morgan fingerprint density at radius 2 is 1.57 bits per heavy atom. The minimum Gasteiger partial charge on any atom is -0.497 e. The topological polar surface area (TPSA) is 140 Å². The minimum absolute atomic E-state index is 0.0111. The minimum atomic E-state index is -1.09. The average Bonchev–Trinajstić information content (AvgIpc) is 3.24. The number of carboxylic acid groups (broad SMARTS) is 1. The van der Waals surface area contributed by atoms with Gasteiger partial charge >= 0.3 is 5.97 Å². The second-order valence-corrected chi connectivity index (χ2v) is 6.74. The molecule has 11 heteroatoms. The van der Waals surface area contributed by atoms with Crippen LogP contribution in [0, 0.1) is 0 Å². The number of ether oxygens (including phenoxy) is 2. The number of carboxylic acids is 1. The third kappa shape index (κ3) is 5.52. The van der Waals surface area contributed by atoms with E-state index < -0.39 is 24.4 Å². The van der Waals surface area contributed by atoms with Crippen LogP contribution in [0.2, 0.25) is 0 Å². The summed E-state index contributed by atoms with van der Waals surface area (Å²) in [6.45, 7) is -0.461. The zero-order valence-corrected chi connectivity index (χ0v) is 16.4. The van der Waals surface area contributed by atoms with Crippen LogP contribution in [0.15, 0.2) is 48.5 Å². The Hall–Kier alpha value is -3.99. The second-order valence-electron chi connectivity index (χ2n) is 5.76. The Kier molecular flexibility index (Phi) is 6.55. The van der Waals surface area contributed by atoms with E-state index in [1.807, 2.05) is 0 Å². The molecule has 0 bridgehead atoms. The molecule has 0 saturated heterocycles. The van der Waals surface area contributed by atoms with E-state index in [-0.39, 0.29) is 10.0 Å². The van der Waals surface area contributed by atoms with Crippen LogP contribution < -0.4 is 20.1 Å². The lowest BCUT2D eigenvalue weighted by atomic mass is 10.3. The highest BCUT2D eigenvalue weighted by Gasteiger charge is 2.18. The first-order valence-electron chi connectivity index (χ1n) is 8.49. The maximum Gasteiger partial charge on any atom is 0.341 e. The van der Waals surface area contributed by atoms with Crippen LogP contribution in [0.3, 0.4) is 0 Å². The molecule has 2 amide bonds. The Balaban J connectivity index is 1.60. The van der Waals surface area contributed by atoms with Crippen LogP contribution in [0.1, 0.15) is 19.6 Å². The number of amides is 2. The van der Waals surface area contributed by atoms with Gasteiger partial charge < -0.3 is 25.2 Å². The molecule has 2 aromatic carbocycles. The molecule has 0 aliphatic rings. The summed E-state index contributed by atoms with van der Waals surface area (Å²) in [7, 11) is 1.52. The van der Waals surface area contributed by atoms with Crippen molar-refractivity contribution in [2.24, 2.45) is 0 Å². The fourth-order valence-corrected chi connectivity index (χ4v) is 2.89. The maximum absolute atomic E-state index is 12.3. The number of carbonyl (C=O) groups is 3. The Labute approximate surface area is 174 Å². The van der Waals surface area contributed by atoms with E-state index in [0.717, 1.165) is 11.3 Å². The van der Waals surface area contributed by atoms with Crippen molar-refractivity contribution in [1.82, 2.24) is 10.2 Å². The molecule has 0 fully saturated rings. The Morgan fingerprint density at radius 1 is 0.933 bits per heavy atom. The van der Waals surface area contributed by atoms with Gasteiger partial charge in [0.15, 0.2) is 6.61 Å². The van der Waals surface area contributed by atoms with E-state index in [0.29, 0.717) is 22.9 Å². The number of aromatic nitrogens is 2. The molecule has 1 aromatic heterocycles. The zero-order chi connectivity index (χ0) is 21.5. The van der Waals surface area contributed by atoms with Crippen molar-refractivity contribution in [2.45, 2.75) is 0 Å². The van der Waals surface area contributed by atoms with Crippen LogP contribution >= 0.6 is 11.3 Å². The van der Waals surface area contributed by atoms with Gasteiger partial charge in [-0.2, -0.15) is 0 Å². The monoisotopic (exact) mass is 428 g/mol. The van der Waals surface area contributed by atoms with Gasteiger partial charge in [-0.25, -0.2) is 4.79 Å². The number of methoxy groups -OCH3 is 1. The number of benzene rings is 2. The first-order valence-corrected chi connectivity index (χ1v) is 9.31. The standard InChI is InChI=1S/C19H16N4O6S/c1-28-14-4-2-3-12(9-14)21-17(27)19-23-22-18(30-19)16(26)20-11-5-7-13(8-6-11)29-10-15(24)25/h2-9H,10H2,1H3,(H,20,26)(H,21,27)(H,24,25). The number of nitrogens with zero attached hydrogens (tertiary/aromatic N) is 2. The molecule has 30 heavy (non-hydrogen) atoms. The van der Waals surface area contributed by atoms with Crippen molar-refractivity contribution < 1.29 is 29.0 Å². The first-order chi connectivity index (χ1) is 14.4. The largest absolute Gasteiger partial charge is 0.497 e. The highest BCUT2D eigenvalue weighted by Crippen LogP contribution is 2.20. The predicted octanol–water partition coefficient (Wildman–Crippen LogP) is 2.51. The summed E-state index contributed by atoms with van der Waals surface area (Å²) in [4.78, 5) is 35.2. The van der Waals surface area contributed by atoms with Crippen LogP contribution in [-0.4, -0.2) is 46.8 Å². The number of carbonyl (C=O) groups excluding carboxylic acids is 2. The summed E-state index contributed by atoms with van der Waals surface area (Å²) in [5.41, 5.74) is 0.964. The summed E-state index contributed by atoms with van der Waals surface area (Å²) in [6, 6.07) is 12.9. The van der Waals surface area contributed by atoms with Crippen molar-refractivity contribution in [3.8, 4) is 11.5 Å². The van der Waals surface area contributed by atoms with E-state index in [9.17, 15) is 14.4 Å². The quantitative estimate of drug-likeness (QED) is 0.497. The molecule has 0 spiro atoms. The van der Waals surface area contributed by atoms with Gasteiger partial charge in [0.1, 0.15) is 11.5 Å². The summed E-state index contributed by atoms with van der Waals surface area (Å²) < 4.78 is 10.1. The molecule has 0 atom stereocenters. The van der Waals surface area contributed by atoms with Gasteiger partial charge in [-0.15, -0.1) is 10.2 Å². The second kappa shape index (κ2) is 9.47. The van der Waals surface area contributed by atoms with Crippen LogP contribution in [0.5, 0.6) is 11.5 Å². The highest BCUT2D eigenvalue weighted by atomic mass is 32.1. The average molecular weight is 428 g/mol. The van der Waals surface area contributed by atoms with Crippen LogP contribution in [0.4, 0.5) is 11.4 Å². The van der Waals surface area contributed by atoms with Crippen molar-refractivity contribution >= 4 is 40.5 Å². The molecule has 3 aromatic rings. The SMILES string of the molecule is COc1cccc(NC(=O)c2nnc(C(=O)Nc3ccc(OCC(=O)O)cc3)s2)c1. The molecule has 0 radical (unpaired) electrons. The lowest BCUT2D eigenvalue weighted by Gasteiger charge is -2.05. The molecule has 0 aliphatic carbocycles. The lowest BCUT2D eigenvalue weighted by molar-refractivity contribution is -0.139. The van der Waals surface area contributed by atoms with Crippen LogP contribution in [0.25, 0.3) is 0 Å². The van der Waals surface area contributed by atoms with Crippen LogP contribution in [-0.2, 0) is 4.79 Å². The zero-order valence-electron chi connectivity index (χ0n) is 15.6. The lowest BCUT2D eigenvalue weighted by Crippen LogP contribution is -2.12. The predicted molar refractivity (Wildman–Crippen MR) is 108 cm³/mol. The normalized spacial score (nSPS) is 10.2. The van der Waals surface area contributed by atoms with Gasteiger partial charge in [0.25, 0.3) is 11.8 Å². The third-order valence-corrected chi connectivity index (χ3v) is 4.54. The molecule has 0 aliphatic heterocycles. The number of aliphatic carboxylic acids is 1. The Bertz CT molecular complexity index is 1070. The van der Waals surface area contributed by atoms with Crippen molar-refractivity contribution in [1.29, 1.82) is 0 Å².